The quantitative estimate of drug-likeness (QED) is 0.504. The fourth-order valence-electron chi connectivity index (χ4n) is 1.05. The van der Waals surface area contributed by atoms with Crippen LogP contribution in [0.15, 0.2) is 6.20 Å². The lowest BCUT2D eigenvalue weighted by Gasteiger charge is -2.08. The summed E-state index contributed by atoms with van der Waals surface area (Å²) in [6.45, 7) is 2.09. The highest BCUT2D eigenvalue weighted by molar-refractivity contribution is 7.71. The normalized spacial score (nSPS) is 12.4. The summed E-state index contributed by atoms with van der Waals surface area (Å²) < 4.78 is 5.29. The van der Waals surface area contributed by atoms with E-state index in [1.165, 1.54) is 0 Å². The van der Waals surface area contributed by atoms with E-state index in [9.17, 15) is 4.79 Å². The van der Waals surface area contributed by atoms with Crippen molar-refractivity contribution in [3.63, 3.8) is 0 Å². The summed E-state index contributed by atoms with van der Waals surface area (Å²) in [7, 11) is 0. The lowest BCUT2D eigenvalue weighted by atomic mass is 10.2. The van der Waals surface area contributed by atoms with Gasteiger partial charge in [-0.15, -0.1) is 0 Å². The fraction of sp³-hybridized carbons (Fsp3) is 0.500. The molecule has 0 aliphatic carbocycles. The van der Waals surface area contributed by atoms with Gasteiger partial charge in [0.05, 0.1) is 6.61 Å². The average Bonchev–Trinajstić information content (AvgIpc) is 2.51. The maximum Gasteiger partial charge on any atom is 0.323 e. The molecule has 0 amide bonds. The molecule has 78 valence electrons. The minimum atomic E-state index is -0.642. The van der Waals surface area contributed by atoms with E-state index in [1.54, 1.807) is 13.1 Å². The Bertz CT molecular complexity index is 357. The standard InChI is InChI=1S/C8H13N3O2S/c1-2-13-7(12)6(9)3-5-4-10-8(14)11-5/h4,6H,2-3,9H2,1H3,(H2,10,11,14)/t6-/m0/s1. The van der Waals surface area contributed by atoms with Crippen LogP contribution in [0.1, 0.15) is 12.6 Å². The molecule has 0 saturated carbocycles. The first-order chi connectivity index (χ1) is 6.63. The van der Waals surface area contributed by atoms with E-state index < -0.39 is 12.0 Å². The van der Waals surface area contributed by atoms with Crippen LogP contribution in [0.25, 0.3) is 0 Å². The van der Waals surface area contributed by atoms with Gasteiger partial charge in [-0.05, 0) is 19.1 Å². The highest BCUT2D eigenvalue weighted by Gasteiger charge is 2.15. The van der Waals surface area contributed by atoms with Gasteiger partial charge < -0.3 is 20.4 Å². The molecule has 5 nitrogen and oxygen atoms in total. The van der Waals surface area contributed by atoms with Gasteiger partial charge in [-0.1, -0.05) is 0 Å². The van der Waals surface area contributed by atoms with E-state index in [4.69, 9.17) is 22.7 Å². The van der Waals surface area contributed by atoms with Crippen LogP contribution in [0.4, 0.5) is 0 Å². The third-order valence-electron chi connectivity index (χ3n) is 1.68. The number of rotatable bonds is 4. The van der Waals surface area contributed by atoms with E-state index in [1.807, 2.05) is 0 Å². The van der Waals surface area contributed by atoms with Crippen LogP contribution in [0.2, 0.25) is 0 Å². The van der Waals surface area contributed by atoms with Gasteiger partial charge in [-0.2, -0.15) is 0 Å². The molecule has 1 rings (SSSR count). The highest BCUT2D eigenvalue weighted by Crippen LogP contribution is 1.99. The second-order valence-electron chi connectivity index (χ2n) is 2.83. The first kappa shape index (κ1) is 10.9. The predicted octanol–water partition coefficient (Wildman–Crippen LogP) is 0.505. The van der Waals surface area contributed by atoms with E-state index in [-0.39, 0.29) is 0 Å². The van der Waals surface area contributed by atoms with Crippen LogP contribution in [0.3, 0.4) is 0 Å². The topological polar surface area (TPSA) is 83.9 Å². The number of H-pyrrole nitrogens is 2. The van der Waals surface area contributed by atoms with Crippen molar-refractivity contribution in [1.29, 1.82) is 0 Å². The van der Waals surface area contributed by atoms with Crippen LogP contribution in [-0.2, 0) is 16.0 Å². The molecule has 1 atom stereocenters. The highest BCUT2D eigenvalue weighted by atomic mass is 32.1. The third kappa shape index (κ3) is 2.97. The van der Waals surface area contributed by atoms with Crippen molar-refractivity contribution in [3.05, 3.63) is 16.7 Å². The molecule has 4 N–H and O–H groups in total. The summed E-state index contributed by atoms with van der Waals surface area (Å²) in [6.07, 6.45) is 2.09. The Kier molecular flexibility index (Phi) is 3.84. The summed E-state index contributed by atoms with van der Waals surface area (Å²) in [4.78, 5) is 16.8. The van der Waals surface area contributed by atoms with Gasteiger partial charge >= 0.3 is 5.97 Å². The number of carbonyl (C=O) groups excluding carboxylic acids is 1. The first-order valence-corrected chi connectivity index (χ1v) is 4.73. The minimum absolute atomic E-state index is 0.343. The van der Waals surface area contributed by atoms with Crippen LogP contribution in [-0.4, -0.2) is 28.6 Å². The molecule has 14 heavy (non-hydrogen) atoms. The molecule has 6 heteroatoms. The molecule has 0 fully saturated rings. The Hall–Kier alpha value is -1.14. The molecule has 0 saturated heterocycles. The molecular formula is C8H13N3O2S. The Morgan fingerprint density at radius 1 is 1.79 bits per heavy atom. The molecule has 0 spiro atoms. The second kappa shape index (κ2) is 4.92. The number of nitrogens with one attached hydrogen (secondary N) is 2. The van der Waals surface area contributed by atoms with Gasteiger partial charge in [-0.3, -0.25) is 4.79 Å². The number of aromatic amines is 2. The summed E-state index contributed by atoms with van der Waals surface area (Å²) in [5.41, 5.74) is 6.40. The molecule has 0 aliphatic rings. The molecule has 1 aromatic rings. The minimum Gasteiger partial charge on any atom is -0.465 e. The fourth-order valence-corrected chi connectivity index (χ4v) is 1.24. The summed E-state index contributed by atoms with van der Waals surface area (Å²) in [6, 6.07) is -0.642. The molecule has 0 bridgehead atoms. The van der Waals surface area contributed by atoms with Crippen molar-refractivity contribution in [2.75, 3.05) is 6.61 Å². The SMILES string of the molecule is CCOC(=O)[C@@H](N)Cc1c[nH]c(=S)[nH]1. The Balaban J connectivity index is 2.52. The summed E-state index contributed by atoms with van der Waals surface area (Å²) >= 11 is 4.83. The van der Waals surface area contributed by atoms with Gasteiger partial charge in [0.2, 0.25) is 0 Å². The van der Waals surface area contributed by atoms with Crippen molar-refractivity contribution >= 4 is 18.2 Å². The van der Waals surface area contributed by atoms with Crippen molar-refractivity contribution in [2.24, 2.45) is 5.73 Å². The number of hydrogen-bond acceptors (Lipinski definition) is 4. The lowest BCUT2D eigenvalue weighted by Crippen LogP contribution is -2.34. The number of carbonyl (C=O) groups is 1. The number of hydrogen-bond donors (Lipinski definition) is 3. The molecular weight excluding hydrogens is 202 g/mol. The predicted molar refractivity (Wildman–Crippen MR) is 54.3 cm³/mol. The summed E-state index contributed by atoms with van der Waals surface area (Å²) in [5.74, 6) is -0.395. The van der Waals surface area contributed by atoms with Gasteiger partial charge in [0, 0.05) is 18.3 Å². The van der Waals surface area contributed by atoms with E-state index in [2.05, 4.69) is 9.97 Å². The number of aromatic nitrogens is 2. The number of nitrogens with two attached hydrogens (primary N) is 1. The number of ether oxygens (including phenoxy) is 1. The van der Waals surface area contributed by atoms with E-state index in [0.29, 0.717) is 17.8 Å². The smallest absolute Gasteiger partial charge is 0.323 e. The summed E-state index contributed by atoms with van der Waals surface area (Å²) in [5, 5.41) is 0. The van der Waals surface area contributed by atoms with Crippen LogP contribution < -0.4 is 5.73 Å². The van der Waals surface area contributed by atoms with Crippen LogP contribution in [0, 0.1) is 4.77 Å². The molecule has 1 heterocycles. The zero-order valence-electron chi connectivity index (χ0n) is 7.87. The molecule has 1 aromatic heterocycles. The maximum atomic E-state index is 11.2. The van der Waals surface area contributed by atoms with Crippen molar-refractivity contribution in [2.45, 2.75) is 19.4 Å². The van der Waals surface area contributed by atoms with Gasteiger partial charge in [0.25, 0.3) is 0 Å². The Labute approximate surface area is 86.7 Å². The Morgan fingerprint density at radius 2 is 2.50 bits per heavy atom. The van der Waals surface area contributed by atoms with E-state index in [0.717, 1.165) is 5.69 Å². The van der Waals surface area contributed by atoms with Crippen LogP contribution in [0.5, 0.6) is 0 Å². The zero-order valence-corrected chi connectivity index (χ0v) is 8.69. The zero-order chi connectivity index (χ0) is 10.6. The lowest BCUT2D eigenvalue weighted by molar-refractivity contribution is -0.144. The Morgan fingerprint density at radius 3 is 3.00 bits per heavy atom. The van der Waals surface area contributed by atoms with Crippen molar-refractivity contribution in [1.82, 2.24) is 9.97 Å². The number of esters is 1. The molecule has 0 unspecified atom stereocenters. The average molecular weight is 215 g/mol. The third-order valence-corrected chi connectivity index (χ3v) is 1.90. The maximum absolute atomic E-state index is 11.2. The monoisotopic (exact) mass is 215 g/mol. The molecule has 0 aromatic carbocycles. The first-order valence-electron chi connectivity index (χ1n) is 4.32. The second-order valence-corrected chi connectivity index (χ2v) is 3.24. The molecule has 0 aliphatic heterocycles. The largest absolute Gasteiger partial charge is 0.465 e. The van der Waals surface area contributed by atoms with Crippen LogP contribution >= 0.6 is 12.2 Å². The van der Waals surface area contributed by atoms with Gasteiger partial charge in [0.15, 0.2) is 4.77 Å². The van der Waals surface area contributed by atoms with E-state index >= 15 is 0 Å². The molecule has 0 radical (unpaired) electrons. The van der Waals surface area contributed by atoms with Gasteiger partial charge in [0.1, 0.15) is 6.04 Å². The van der Waals surface area contributed by atoms with Crippen molar-refractivity contribution < 1.29 is 9.53 Å². The number of imidazole rings is 1. The van der Waals surface area contributed by atoms with Gasteiger partial charge in [-0.25, -0.2) is 0 Å². The van der Waals surface area contributed by atoms with Crippen molar-refractivity contribution in [3.8, 4) is 0 Å².